The normalized spacial score (nSPS) is 19.0. The second kappa shape index (κ2) is 10.4. The van der Waals surface area contributed by atoms with Gasteiger partial charge in [0.05, 0.1) is 37.3 Å². The number of aromatic nitrogens is 2. The van der Waals surface area contributed by atoms with Crippen LogP contribution < -0.4 is 9.64 Å². The van der Waals surface area contributed by atoms with Gasteiger partial charge in [-0.15, -0.1) is 0 Å². The maximum atomic E-state index is 12.8. The topological polar surface area (TPSA) is 101 Å². The predicted octanol–water partition coefficient (Wildman–Crippen LogP) is 4.04. The van der Waals surface area contributed by atoms with E-state index in [9.17, 15) is 10.1 Å². The van der Waals surface area contributed by atoms with Crippen molar-refractivity contribution in [1.29, 1.82) is 5.26 Å². The van der Waals surface area contributed by atoms with E-state index < -0.39 is 0 Å². The summed E-state index contributed by atoms with van der Waals surface area (Å²) < 4.78 is 17.4. The average Bonchev–Trinajstić information content (AvgIpc) is 3.41. The molecule has 9 heteroatoms. The maximum absolute atomic E-state index is 12.8. The lowest BCUT2D eigenvalue weighted by atomic mass is 10.0. The molecule has 1 aliphatic carbocycles. The predicted molar refractivity (Wildman–Crippen MR) is 131 cm³/mol. The summed E-state index contributed by atoms with van der Waals surface area (Å²) in [5.74, 6) is 1.65. The Balaban J connectivity index is 1.33. The van der Waals surface area contributed by atoms with Crippen LogP contribution in [0.4, 0.5) is 5.69 Å². The zero-order valence-corrected chi connectivity index (χ0v) is 19.8. The molecular weight excluding hydrogens is 458 g/mol. The van der Waals surface area contributed by atoms with Crippen molar-refractivity contribution in [3.8, 4) is 11.9 Å². The molecule has 2 aromatic heterocycles. The smallest absolute Gasteiger partial charge is 0.255 e. The number of pyridine rings is 2. The number of amides is 1. The molecule has 0 N–H and O–H groups in total. The van der Waals surface area contributed by atoms with Crippen LogP contribution in [0.15, 0.2) is 84.7 Å². The van der Waals surface area contributed by atoms with Crippen molar-refractivity contribution >= 4 is 11.6 Å². The van der Waals surface area contributed by atoms with E-state index in [-0.39, 0.29) is 17.9 Å². The van der Waals surface area contributed by atoms with Crippen LogP contribution in [0, 0.1) is 11.3 Å². The van der Waals surface area contributed by atoms with Gasteiger partial charge in [-0.25, -0.2) is 4.98 Å². The third-order valence-electron chi connectivity index (χ3n) is 6.18. The summed E-state index contributed by atoms with van der Waals surface area (Å²) in [7, 11) is 1.48. The van der Waals surface area contributed by atoms with Crippen molar-refractivity contribution < 1.29 is 19.0 Å². The number of nitriles is 1. The molecule has 1 amide bonds. The highest BCUT2D eigenvalue weighted by atomic mass is 16.5. The number of likely N-dealkylation sites (tertiary alicyclic amines) is 1. The van der Waals surface area contributed by atoms with Gasteiger partial charge in [0, 0.05) is 37.1 Å². The Kier molecular flexibility index (Phi) is 6.67. The van der Waals surface area contributed by atoms with E-state index in [2.05, 4.69) is 22.1 Å². The lowest BCUT2D eigenvalue weighted by molar-refractivity contribution is 0.0742. The highest BCUT2D eigenvalue weighted by Gasteiger charge is 2.30. The number of hydrogen-bond acceptors (Lipinski definition) is 8. The molecule has 0 bridgehead atoms. The largest absolute Gasteiger partial charge is 0.488 e. The van der Waals surface area contributed by atoms with Crippen LogP contribution in [-0.4, -0.2) is 47.1 Å². The number of hydrogen-bond donors (Lipinski definition) is 0. The third-order valence-corrected chi connectivity index (χ3v) is 6.18. The monoisotopic (exact) mass is 483 g/mol. The van der Waals surface area contributed by atoms with E-state index in [0.717, 1.165) is 30.6 Å². The molecule has 36 heavy (non-hydrogen) atoms. The van der Waals surface area contributed by atoms with Gasteiger partial charge >= 0.3 is 0 Å². The van der Waals surface area contributed by atoms with Crippen molar-refractivity contribution in [2.24, 2.45) is 0 Å². The highest BCUT2D eigenvalue weighted by Crippen LogP contribution is 2.33. The van der Waals surface area contributed by atoms with Gasteiger partial charge in [0.1, 0.15) is 35.5 Å². The van der Waals surface area contributed by atoms with Crippen LogP contribution in [0.25, 0.3) is 0 Å². The first kappa shape index (κ1) is 23.2. The van der Waals surface area contributed by atoms with E-state index in [1.54, 1.807) is 54.2 Å². The zero-order valence-electron chi connectivity index (χ0n) is 19.8. The summed E-state index contributed by atoms with van der Waals surface area (Å²) >= 11 is 0. The fourth-order valence-electron chi connectivity index (χ4n) is 4.36. The quantitative estimate of drug-likeness (QED) is 0.607. The first-order valence-corrected chi connectivity index (χ1v) is 11.7. The number of allylic oxidation sites excluding steroid dienone is 3. The molecule has 1 saturated heterocycles. The summed E-state index contributed by atoms with van der Waals surface area (Å²) in [5.41, 5.74) is 2.58. The molecule has 0 unspecified atom stereocenters. The second-order valence-corrected chi connectivity index (χ2v) is 8.47. The molecule has 0 radical (unpaired) electrons. The fourth-order valence-corrected chi connectivity index (χ4v) is 4.36. The van der Waals surface area contributed by atoms with E-state index >= 15 is 0 Å². The Bertz CT molecular complexity index is 1310. The van der Waals surface area contributed by atoms with Crippen LogP contribution in [0.3, 0.4) is 0 Å². The standard InChI is InChI=1S/C27H25N5O4/c1-34-26-20(14-28)13-21(16-30-26)31-11-12-35-25(18-31)23-6-2-3-7-24(23)36-22-8-10-32(17-22)27(33)19-5-4-9-29-15-19/h3-5,7,9,11-13,15-16,18,22H,2,6,8,10,17H2,1H3/t22-/m0/s1. The Morgan fingerprint density at radius 1 is 1.33 bits per heavy atom. The van der Waals surface area contributed by atoms with Crippen molar-refractivity contribution in [2.45, 2.75) is 25.4 Å². The molecule has 1 fully saturated rings. The molecule has 2 aliphatic heterocycles. The SMILES string of the molecule is COc1ncc(N2C=COC(C3=C(O[C@H]4CCN(C(=O)c5cccnc5)C4)C=CCC3)=C2)cc1C#N. The Morgan fingerprint density at radius 2 is 2.25 bits per heavy atom. The van der Waals surface area contributed by atoms with Gasteiger partial charge in [-0.3, -0.25) is 9.78 Å². The highest BCUT2D eigenvalue weighted by molar-refractivity contribution is 5.94. The van der Waals surface area contributed by atoms with Crippen molar-refractivity contribution in [3.05, 3.63) is 95.8 Å². The Labute approximate surface area is 209 Å². The maximum Gasteiger partial charge on any atom is 0.255 e. The molecule has 0 spiro atoms. The summed E-state index contributed by atoms with van der Waals surface area (Å²) in [5, 5.41) is 9.41. The third kappa shape index (κ3) is 4.79. The van der Waals surface area contributed by atoms with E-state index in [0.29, 0.717) is 35.7 Å². The van der Waals surface area contributed by atoms with Crippen molar-refractivity contribution in [2.75, 3.05) is 25.1 Å². The van der Waals surface area contributed by atoms with Crippen molar-refractivity contribution in [3.63, 3.8) is 0 Å². The minimum absolute atomic E-state index is 0.0356. The number of anilines is 1. The Morgan fingerprint density at radius 3 is 3.06 bits per heavy atom. The Hall–Kier alpha value is -4.58. The fraction of sp³-hybridized carbons (Fsp3) is 0.259. The number of methoxy groups -OCH3 is 1. The molecular formula is C27H25N5O4. The van der Waals surface area contributed by atoms with Crippen LogP contribution in [-0.2, 0) is 9.47 Å². The van der Waals surface area contributed by atoms with Crippen LogP contribution >= 0.6 is 0 Å². The van der Waals surface area contributed by atoms with E-state index in [1.165, 1.54) is 7.11 Å². The summed E-state index contributed by atoms with van der Waals surface area (Å²) in [6.07, 6.45) is 16.4. The summed E-state index contributed by atoms with van der Waals surface area (Å²) in [6, 6.07) is 7.37. The molecule has 4 heterocycles. The molecule has 182 valence electrons. The van der Waals surface area contributed by atoms with Gasteiger partial charge < -0.3 is 24.0 Å². The zero-order chi connectivity index (χ0) is 24.9. The molecule has 0 saturated carbocycles. The molecule has 3 aliphatic rings. The summed E-state index contributed by atoms with van der Waals surface area (Å²) in [4.78, 5) is 24.7. The number of carbonyl (C=O) groups excluding carboxylic acids is 1. The van der Waals surface area contributed by atoms with Crippen LogP contribution in [0.2, 0.25) is 0 Å². The minimum Gasteiger partial charge on any atom is -0.488 e. The molecule has 0 aromatic carbocycles. The first-order valence-electron chi connectivity index (χ1n) is 11.7. The second-order valence-electron chi connectivity index (χ2n) is 8.47. The first-order chi connectivity index (χ1) is 17.7. The number of ether oxygens (including phenoxy) is 3. The van der Waals surface area contributed by atoms with Gasteiger partial charge in [-0.05, 0) is 37.1 Å². The van der Waals surface area contributed by atoms with Crippen molar-refractivity contribution in [1.82, 2.24) is 14.9 Å². The van der Waals surface area contributed by atoms with Crippen LogP contribution in [0.5, 0.6) is 5.88 Å². The van der Waals surface area contributed by atoms with E-state index in [4.69, 9.17) is 14.2 Å². The molecule has 5 rings (SSSR count). The van der Waals surface area contributed by atoms with Gasteiger partial charge in [0.25, 0.3) is 5.91 Å². The molecule has 2 aromatic rings. The van der Waals surface area contributed by atoms with Gasteiger partial charge in [-0.1, -0.05) is 6.08 Å². The van der Waals surface area contributed by atoms with Gasteiger partial charge in [0.15, 0.2) is 0 Å². The lowest BCUT2D eigenvalue weighted by Gasteiger charge is -2.26. The van der Waals surface area contributed by atoms with Gasteiger partial charge in [-0.2, -0.15) is 5.26 Å². The molecule has 1 atom stereocenters. The van der Waals surface area contributed by atoms with E-state index in [1.807, 2.05) is 17.2 Å². The minimum atomic E-state index is -0.113. The average molecular weight is 484 g/mol. The summed E-state index contributed by atoms with van der Waals surface area (Å²) in [6.45, 7) is 1.14. The molecule has 9 nitrogen and oxygen atoms in total. The lowest BCUT2D eigenvalue weighted by Crippen LogP contribution is -2.30. The van der Waals surface area contributed by atoms with Crippen LogP contribution in [0.1, 0.15) is 35.2 Å². The number of carbonyl (C=O) groups is 1. The number of nitrogens with zero attached hydrogens (tertiary/aromatic N) is 5. The number of rotatable bonds is 6. The van der Waals surface area contributed by atoms with Gasteiger partial charge in [0.2, 0.25) is 5.88 Å².